The zero-order chi connectivity index (χ0) is 51.0. The summed E-state index contributed by atoms with van der Waals surface area (Å²) in [5.41, 5.74) is 5.42. The van der Waals surface area contributed by atoms with Crippen LogP contribution < -0.4 is 16.0 Å². The van der Waals surface area contributed by atoms with E-state index in [0.29, 0.717) is 60.0 Å². The van der Waals surface area contributed by atoms with Crippen molar-refractivity contribution in [2.45, 2.75) is 89.1 Å². The third-order valence-corrected chi connectivity index (χ3v) is 12.8. The van der Waals surface area contributed by atoms with Gasteiger partial charge in [-0.05, 0) is 83.8 Å². The second-order valence-electron chi connectivity index (χ2n) is 16.4. The van der Waals surface area contributed by atoms with Crippen LogP contribution in [0.4, 0.5) is 0 Å². The molecule has 3 saturated heterocycles. The van der Waals surface area contributed by atoms with Crippen molar-refractivity contribution in [1.29, 1.82) is 0 Å². The Kier molecular flexibility index (Phi) is 16.3. The van der Waals surface area contributed by atoms with Gasteiger partial charge >= 0.3 is 17.9 Å². The van der Waals surface area contributed by atoms with E-state index >= 15 is 0 Å². The quantitative estimate of drug-likeness (QED) is 0.133. The zero-order valence-electron chi connectivity index (χ0n) is 37.1. The third kappa shape index (κ3) is 11.7. The van der Waals surface area contributed by atoms with Gasteiger partial charge in [-0.2, -0.15) is 0 Å². The van der Waals surface area contributed by atoms with Crippen LogP contribution >= 0.6 is 15.9 Å². The molecule has 21 nitrogen and oxygen atoms in total. The molecule has 3 fully saturated rings. The number of fused-ring (bicyclic) bond motifs is 3. The fourth-order valence-electron chi connectivity index (χ4n) is 8.60. The summed E-state index contributed by atoms with van der Waals surface area (Å²) in [4.78, 5) is 142. The summed E-state index contributed by atoms with van der Waals surface area (Å²) in [6, 6.07) is 13.8. The van der Waals surface area contributed by atoms with Crippen molar-refractivity contribution in [1.82, 2.24) is 30.7 Å². The Balaban J connectivity index is 0.000000165. The highest BCUT2D eigenvalue weighted by Gasteiger charge is 2.42. The molecule has 3 unspecified atom stereocenters. The van der Waals surface area contributed by atoms with Crippen LogP contribution in [0.5, 0.6) is 0 Å². The second kappa shape index (κ2) is 22.3. The molecule has 3 aromatic carbocycles. The smallest absolute Gasteiger partial charge is 0.328 e. The monoisotopic (exact) mass is 1020 g/mol. The molecule has 364 valence electrons. The first-order valence-electron chi connectivity index (χ1n) is 21.7. The fraction of sp³-hybridized carbons (Fsp3) is 0.292. The van der Waals surface area contributed by atoms with Gasteiger partial charge in [0.2, 0.25) is 35.4 Å². The molecule has 70 heavy (non-hydrogen) atoms. The maximum atomic E-state index is 12.6. The summed E-state index contributed by atoms with van der Waals surface area (Å²) in [5, 5.41) is 32.0. The summed E-state index contributed by atoms with van der Waals surface area (Å²) in [6.07, 6.45) is 5.29. The van der Waals surface area contributed by atoms with Gasteiger partial charge in [0, 0.05) is 78.6 Å². The number of imide groups is 3. The molecule has 22 heteroatoms. The molecule has 3 atom stereocenters. The minimum Gasteiger partial charge on any atom is -0.481 e. The van der Waals surface area contributed by atoms with Crippen LogP contribution in [0.3, 0.4) is 0 Å². The van der Waals surface area contributed by atoms with Crippen molar-refractivity contribution in [2.24, 2.45) is 0 Å². The van der Waals surface area contributed by atoms with Crippen molar-refractivity contribution in [3.8, 4) is 0 Å². The van der Waals surface area contributed by atoms with Crippen molar-refractivity contribution >= 4 is 93.1 Å². The number of rotatable bonds is 9. The number of carboxylic acids is 3. The highest BCUT2D eigenvalue weighted by molar-refractivity contribution is 9.10. The van der Waals surface area contributed by atoms with E-state index in [9.17, 15) is 57.5 Å². The number of aryl methyl sites for hydroxylation is 1. The van der Waals surface area contributed by atoms with E-state index in [1.807, 2.05) is 12.1 Å². The molecule has 6 heterocycles. The average Bonchev–Trinajstić information content (AvgIpc) is 3.96. The highest BCUT2D eigenvalue weighted by Crippen LogP contribution is 2.34. The van der Waals surface area contributed by atoms with E-state index in [-0.39, 0.29) is 80.1 Å². The van der Waals surface area contributed by atoms with Crippen molar-refractivity contribution in [3.63, 3.8) is 0 Å². The normalized spacial score (nSPS) is 20.1. The van der Waals surface area contributed by atoms with Gasteiger partial charge in [0.15, 0.2) is 0 Å². The van der Waals surface area contributed by atoms with Crippen LogP contribution in [0.15, 0.2) is 77.8 Å². The van der Waals surface area contributed by atoms with Gasteiger partial charge in [-0.3, -0.25) is 63.9 Å². The first kappa shape index (κ1) is 51.3. The van der Waals surface area contributed by atoms with Crippen LogP contribution in [0.25, 0.3) is 6.08 Å². The largest absolute Gasteiger partial charge is 0.481 e. The average molecular weight is 1030 g/mol. The molecule has 6 aliphatic rings. The van der Waals surface area contributed by atoms with Gasteiger partial charge in [-0.1, -0.05) is 52.8 Å². The summed E-state index contributed by atoms with van der Waals surface area (Å²) in [6.45, 7) is 3.86. The van der Waals surface area contributed by atoms with Gasteiger partial charge in [-0.25, -0.2) is 9.59 Å². The van der Waals surface area contributed by atoms with Crippen molar-refractivity contribution < 1.29 is 72.9 Å². The number of hydrogen-bond donors (Lipinski definition) is 6. The third-order valence-electron chi connectivity index (χ3n) is 12.0. The van der Waals surface area contributed by atoms with E-state index in [1.54, 1.807) is 42.5 Å². The molecule has 0 saturated carbocycles. The molecule has 9 rings (SSSR count). The van der Waals surface area contributed by atoms with Crippen LogP contribution in [-0.4, -0.2) is 119 Å². The number of benzene rings is 3. The van der Waals surface area contributed by atoms with Crippen LogP contribution in [0, 0.1) is 0 Å². The predicted octanol–water partition coefficient (Wildman–Crippen LogP) is 2.48. The van der Waals surface area contributed by atoms with Gasteiger partial charge in [-0.15, -0.1) is 0 Å². The minimum atomic E-state index is -1.08. The van der Waals surface area contributed by atoms with Crippen LogP contribution in [-0.2, 0) is 69.2 Å². The predicted molar refractivity (Wildman–Crippen MR) is 246 cm³/mol. The van der Waals surface area contributed by atoms with Crippen LogP contribution in [0.2, 0.25) is 0 Å². The number of carbonyl (C=O) groups excluding carboxylic acids is 9. The maximum Gasteiger partial charge on any atom is 0.328 e. The van der Waals surface area contributed by atoms with Gasteiger partial charge in [0.1, 0.15) is 18.1 Å². The Hall–Kier alpha value is -8.14. The number of amides is 9. The second-order valence-corrected chi connectivity index (χ2v) is 17.2. The topological polar surface area (TPSA) is 311 Å². The number of carboxylic acid groups (broad SMARTS) is 3. The Morgan fingerprint density at radius 3 is 1.40 bits per heavy atom. The van der Waals surface area contributed by atoms with E-state index in [1.165, 1.54) is 20.8 Å². The fourth-order valence-corrected chi connectivity index (χ4v) is 9.09. The molecule has 3 aromatic rings. The molecule has 0 bridgehead atoms. The molecule has 0 aliphatic carbocycles. The lowest BCUT2D eigenvalue weighted by Gasteiger charge is -2.29. The van der Waals surface area contributed by atoms with E-state index in [2.05, 4.69) is 38.5 Å². The molecule has 6 aliphatic heterocycles. The number of piperidine rings is 3. The van der Waals surface area contributed by atoms with Gasteiger partial charge < -0.3 is 30.0 Å². The first-order chi connectivity index (χ1) is 33.3. The molecule has 9 amide bonds. The van der Waals surface area contributed by atoms with E-state index in [0.717, 1.165) is 33.3 Å². The summed E-state index contributed by atoms with van der Waals surface area (Å²) < 4.78 is 0.869. The SMILES string of the molecule is C=CC(=O)O.O=C(O)/C=C/c1cccc2c1CN(C1CCC(=O)NC1=O)C2=O.O=C(O)CCc1cccc2c1CN(C1CCC(=O)NC1=O)C2=O.O=C1CCC(N2Cc3c(Br)cccc3C2=O)C(=O)N1. The van der Waals surface area contributed by atoms with Crippen molar-refractivity contribution in [3.05, 3.63) is 122 Å². The van der Waals surface area contributed by atoms with E-state index < -0.39 is 47.8 Å². The van der Waals surface area contributed by atoms with Gasteiger partial charge in [0.25, 0.3) is 17.7 Å². The summed E-state index contributed by atoms with van der Waals surface area (Å²) in [5.74, 6) is -5.84. The number of aliphatic carboxylic acids is 3. The lowest BCUT2D eigenvalue weighted by molar-refractivity contribution is -0.138. The van der Waals surface area contributed by atoms with E-state index in [4.69, 9.17) is 15.3 Å². The molecule has 0 aromatic heterocycles. The minimum absolute atomic E-state index is 0.0109. The van der Waals surface area contributed by atoms with Crippen molar-refractivity contribution in [2.75, 3.05) is 0 Å². The Morgan fingerprint density at radius 2 is 0.986 bits per heavy atom. The zero-order valence-corrected chi connectivity index (χ0v) is 38.7. The number of halogens is 1. The molecule has 0 spiro atoms. The maximum absolute atomic E-state index is 12.6. The first-order valence-corrected chi connectivity index (χ1v) is 22.5. The van der Waals surface area contributed by atoms with Crippen LogP contribution in [0.1, 0.15) is 104 Å². The molecular weight excluding hydrogens is 980 g/mol. The Morgan fingerprint density at radius 1 is 0.586 bits per heavy atom. The number of nitrogens with one attached hydrogen (secondary N) is 3. The number of nitrogens with zero attached hydrogens (tertiary/aromatic N) is 3. The summed E-state index contributed by atoms with van der Waals surface area (Å²) in [7, 11) is 0. The molecule has 6 N–H and O–H groups in total. The standard InChI is InChI=1S/C16H16N2O5.C16H14N2O5.C13H11BrN2O3.C3H4O2/c2*19-13-6-5-12(15(22)17-13)18-8-11-9(4-7-14(20)21)2-1-3-10(11)16(18)23;14-9-3-1-2-7-8(9)6-16(13(7)19)10-4-5-11(17)15-12(10)18;1-2-3(4)5/h1-3,12H,4-8H2,(H,20,21)(H,17,19,22);1-4,7,12H,5-6,8H2,(H,20,21)(H,17,19,22);1-3,10H,4-6H2,(H,15,17,18);2H,1H2,(H,4,5)/b;7-4+;;. The number of carbonyl (C=O) groups is 12. The molecular formula is C48H45BrN6O15. The van der Waals surface area contributed by atoms with Gasteiger partial charge in [0.05, 0.1) is 0 Å². The number of hydrogen-bond acceptors (Lipinski definition) is 12. The lowest BCUT2D eigenvalue weighted by atomic mass is 9.99. The summed E-state index contributed by atoms with van der Waals surface area (Å²) >= 11 is 3.42. The highest BCUT2D eigenvalue weighted by atomic mass is 79.9. The lowest BCUT2D eigenvalue weighted by Crippen LogP contribution is -2.52. The Bertz CT molecular complexity index is 2790. The Labute approximate surface area is 406 Å². The molecule has 0 radical (unpaired) electrons.